The standard InChI is InChI=1S/C16H26N2O2/c1-13(2)11-14(12-17)16(19)18-9-6-10-20-15-7-4-3-5-8-15/h3-5,7-8,13-14H,6,9-12,17H2,1-2H3,(H,18,19). The van der Waals surface area contributed by atoms with E-state index >= 15 is 0 Å². The Morgan fingerprint density at radius 1 is 1.30 bits per heavy atom. The van der Waals surface area contributed by atoms with Gasteiger partial charge < -0.3 is 15.8 Å². The Morgan fingerprint density at radius 2 is 2.00 bits per heavy atom. The molecule has 0 aliphatic carbocycles. The average Bonchev–Trinajstić information content (AvgIpc) is 2.45. The van der Waals surface area contributed by atoms with E-state index in [0.717, 1.165) is 18.6 Å². The van der Waals surface area contributed by atoms with Crippen LogP contribution in [0.25, 0.3) is 0 Å². The summed E-state index contributed by atoms with van der Waals surface area (Å²) in [6.07, 6.45) is 1.63. The molecule has 1 aromatic rings. The van der Waals surface area contributed by atoms with Crippen LogP contribution in [0.5, 0.6) is 5.75 Å². The lowest BCUT2D eigenvalue weighted by atomic mass is 9.96. The van der Waals surface area contributed by atoms with Gasteiger partial charge >= 0.3 is 0 Å². The molecule has 0 bridgehead atoms. The van der Waals surface area contributed by atoms with Crippen molar-refractivity contribution in [3.8, 4) is 5.75 Å². The van der Waals surface area contributed by atoms with E-state index < -0.39 is 0 Å². The van der Waals surface area contributed by atoms with Gasteiger partial charge in [-0.25, -0.2) is 0 Å². The van der Waals surface area contributed by atoms with Gasteiger partial charge in [-0.2, -0.15) is 0 Å². The van der Waals surface area contributed by atoms with Crippen LogP contribution in [0, 0.1) is 11.8 Å². The van der Waals surface area contributed by atoms with E-state index in [0.29, 0.717) is 25.6 Å². The monoisotopic (exact) mass is 278 g/mol. The van der Waals surface area contributed by atoms with Crippen molar-refractivity contribution in [2.75, 3.05) is 19.7 Å². The lowest BCUT2D eigenvalue weighted by molar-refractivity contribution is -0.125. The molecular formula is C16H26N2O2. The second-order valence-corrected chi connectivity index (χ2v) is 5.37. The van der Waals surface area contributed by atoms with Gasteiger partial charge in [0.2, 0.25) is 5.91 Å². The average molecular weight is 278 g/mol. The van der Waals surface area contributed by atoms with Gasteiger partial charge in [-0.3, -0.25) is 4.79 Å². The van der Waals surface area contributed by atoms with Crippen LogP contribution >= 0.6 is 0 Å². The first-order valence-electron chi connectivity index (χ1n) is 7.29. The molecule has 0 saturated heterocycles. The van der Waals surface area contributed by atoms with E-state index in [1.54, 1.807) is 0 Å². The highest BCUT2D eigenvalue weighted by Crippen LogP contribution is 2.10. The minimum Gasteiger partial charge on any atom is -0.494 e. The Hall–Kier alpha value is -1.55. The first-order chi connectivity index (χ1) is 9.63. The maximum atomic E-state index is 11.9. The fourth-order valence-electron chi connectivity index (χ4n) is 2.01. The van der Waals surface area contributed by atoms with Crippen molar-refractivity contribution in [1.29, 1.82) is 0 Å². The fourth-order valence-corrected chi connectivity index (χ4v) is 2.01. The number of rotatable bonds is 9. The third-order valence-corrected chi connectivity index (χ3v) is 3.04. The number of nitrogens with two attached hydrogens (primary N) is 1. The molecule has 0 spiro atoms. The molecule has 1 atom stereocenters. The van der Waals surface area contributed by atoms with Crippen LogP contribution in [0.2, 0.25) is 0 Å². The highest BCUT2D eigenvalue weighted by atomic mass is 16.5. The van der Waals surface area contributed by atoms with Crippen molar-refractivity contribution in [3.05, 3.63) is 30.3 Å². The third kappa shape index (κ3) is 6.57. The number of benzene rings is 1. The maximum Gasteiger partial charge on any atom is 0.224 e. The number of amides is 1. The summed E-state index contributed by atoms with van der Waals surface area (Å²) in [5.41, 5.74) is 5.64. The number of carbonyl (C=O) groups is 1. The van der Waals surface area contributed by atoms with E-state index in [1.807, 2.05) is 30.3 Å². The van der Waals surface area contributed by atoms with Crippen LogP contribution in [-0.2, 0) is 4.79 Å². The Balaban J connectivity index is 2.15. The molecule has 1 rings (SSSR count). The maximum absolute atomic E-state index is 11.9. The minimum absolute atomic E-state index is 0.0564. The van der Waals surface area contributed by atoms with Gasteiger partial charge in [0.05, 0.1) is 12.5 Å². The minimum atomic E-state index is -0.0787. The highest BCUT2D eigenvalue weighted by molar-refractivity contribution is 5.78. The second-order valence-electron chi connectivity index (χ2n) is 5.37. The zero-order valence-corrected chi connectivity index (χ0v) is 12.5. The summed E-state index contributed by atoms with van der Waals surface area (Å²) in [6, 6.07) is 9.68. The Labute approximate surface area is 121 Å². The first-order valence-corrected chi connectivity index (χ1v) is 7.29. The zero-order valence-electron chi connectivity index (χ0n) is 12.5. The molecule has 0 fully saturated rings. The molecular weight excluding hydrogens is 252 g/mol. The zero-order chi connectivity index (χ0) is 14.8. The molecule has 112 valence electrons. The topological polar surface area (TPSA) is 64.4 Å². The van der Waals surface area contributed by atoms with Crippen LogP contribution < -0.4 is 15.8 Å². The summed E-state index contributed by atoms with van der Waals surface area (Å²) < 4.78 is 5.56. The van der Waals surface area contributed by atoms with Crippen molar-refractivity contribution in [2.45, 2.75) is 26.7 Å². The quantitative estimate of drug-likeness (QED) is 0.681. The summed E-state index contributed by atoms with van der Waals surface area (Å²) in [6.45, 7) is 5.83. The third-order valence-electron chi connectivity index (χ3n) is 3.04. The van der Waals surface area contributed by atoms with Crippen molar-refractivity contribution in [3.63, 3.8) is 0 Å². The van der Waals surface area contributed by atoms with E-state index in [1.165, 1.54) is 0 Å². The molecule has 0 aliphatic rings. The molecule has 0 aliphatic heterocycles. The van der Waals surface area contributed by atoms with Crippen molar-refractivity contribution in [2.24, 2.45) is 17.6 Å². The number of hydrogen-bond donors (Lipinski definition) is 2. The summed E-state index contributed by atoms with van der Waals surface area (Å²) in [7, 11) is 0. The lowest BCUT2D eigenvalue weighted by Crippen LogP contribution is -2.36. The van der Waals surface area contributed by atoms with Crippen LogP contribution in [0.4, 0.5) is 0 Å². The summed E-state index contributed by atoms with van der Waals surface area (Å²) >= 11 is 0. The predicted octanol–water partition coefficient (Wildman–Crippen LogP) is 2.19. The Kier molecular flexibility index (Phi) is 7.73. The number of para-hydroxylation sites is 1. The molecule has 4 nitrogen and oxygen atoms in total. The van der Waals surface area contributed by atoms with Gasteiger partial charge in [-0.1, -0.05) is 32.0 Å². The predicted molar refractivity (Wildman–Crippen MR) is 81.6 cm³/mol. The number of carbonyl (C=O) groups excluding carboxylic acids is 1. The Bertz CT molecular complexity index is 379. The molecule has 4 heteroatoms. The smallest absolute Gasteiger partial charge is 0.224 e. The van der Waals surface area contributed by atoms with Crippen molar-refractivity contribution in [1.82, 2.24) is 5.32 Å². The van der Waals surface area contributed by atoms with Crippen LogP contribution in [-0.4, -0.2) is 25.6 Å². The lowest BCUT2D eigenvalue weighted by Gasteiger charge is -2.16. The molecule has 3 N–H and O–H groups in total. The summed E-state index contributed by atoms with van der Waals surface area (Å²) in [4.78, 5) is 11.9. The van der Waals surface area contributed by atoms with E-state index in [2.05, 4.69) is 19.2 Å². The molecule has 1 unspecified atom stereocenters. The molecule has 0 radical (unpaired) electrons. The Morgan fingerprint density at radius 3 is 2.60 bits per heavy atom. The molecule has 0 aromatic heterocycles. The fraction of sp³-hybridized carbons (Fsp3) is 0.562. The highest BCUT2D eigenvalue weighted by Gasteiger charge is 2.17. The van der Waals surface area contributed by atoms with Crippen LogP contribution in [0.15, 0.2) is 30.3 Å². The molecule has 0 heterocycles. The van der Waals surface area contributed by atoms with E-state index in [-0.39, 0.29) is 11.8 Å². The number of nitrogens with one attached hydrogen (secondary N) is 1. The molecule has 20 heavy (non-hydrogen) atoms. The first kappa shape index (κ1) is 16.5. The normalized spacial score (nSPS) is 12.2. The number of ether oxygens (including phenoxy) is 1. The van der Waals surface area contributed by atoms with Gasteiger partial charge in [0.25, 0.3) is 0 Å². The largest absolute Gasteiger partial charge is 0.494 e. The van der Waals surface area contributed by atoms with Crippen LogP contribution in [0.3, 0.4) is 0 Å². The van der Waals surface area contributed by atoms with Gasteiger partial charge in [0, 0.05) is 13.1 Å². The second kappa shape index (κ2) is 9.37. The van der Waals surface area contributed by atoms with E-state index in [4.69, 9.17) is 10.5 Å². The van der Waals surface area contributed by atoms with Gasteiger partial charge in [-0.05, 0) is 30.9 Å². The van der Waals surface area contributed by atoms with Crippen LogP contribution in [0.1, 0.15) is 26.7 Å². The summed E-state index contributed by atoms with van der Waals surface area (Å²) in [5, 5.41) is 2.93. The van der Waals surface area contributed by atoms with Gasteiger partial charge in [0.15, 0.2) is 0 Å². The van der Waals surface area contributed by atoms with Gasteiger partial charge in [0.1, 0.15) is 5.75 Å². The van der Waals surface area contributed by atoms with Crippen molar-refractivity contribution >= 4 is 5.91 Å². The summed E-state index contributed by atoms with van der Waals surface area (Å²) in [5.74, 6) is 1.32. The van der Waals surface area contributed by atoms with Gasteiger partial charge in [-0.15, -0.1) is 0 Å². The number of hydrogen-bond acceptors (Lipinski definition) is 3. The van der Waals surface area contributed by atoms with E-state index in [9.17, 15) is 4.79 Å². The van der Waals surface area contributed by atoms with Crippen molar-refractivity contribution < 1.29 is 9.53 Å². The SMILES string of the molecule is CC(C)CC(CN)C(=O)NCCCOc1ccccc1. The molecule has 1 aromatic carbocycles. The molecule has 0 saturated carbocycles. The molecule has 1 amide bonds.